The van der Waals surface area contributed by atoms with Crippen molar-refractivity contribution in [1.82, 2.24) is 5.06 Å². The molecule has 16 heavy (non-hydrogen) atoms. The highest BCUT2D eigenvalue weighted by molar-refractivity contribution is 8.00. The summed E-state index contributed by atoms with van der Waals surface area (Å²) in [6, 6.07) is 0. The third kappa shape index (κ3) is 2.13. The van der Waals surface area contributed by atoms with E-state index in [0.717, 1.165) is 12.8 Å². The van der Waals surface area contributed by atoms with Crippen molar-refractivity contribution in [2.75, 3.05) is 6.26 Å². The fraction of sp³-hybridized carbons (Fsp3) is 0.667. The first kappa shape index (κ1) is 11.3. The zero-order valence-corrected chi connectivity index (χ0v) is 9.54. The van der Waals surface area contributed by atoms with Crippen molar-refractivity contribution in [3.05, 3.63) is 0 Å². The maximum Gasteiger partial charge on any atom is 0.535 e. The summed E-state index contributed by atoms with van der Waals surface area (Å²) < 4.78 is 5.01. The molecule has 2 fully saturated rings. The third-order valence-corrected chi connectivity index (χ3v) is 3.71. The first-order chi connectivity index (χ1) is 7.56. The molecule has 1 aliphatic carbocycles. The molecule has 0 aromatic rings. The van der Waals surface area contributed by atoms with E-state index < -0.39 is 22.9 Å². The zero-order valence-electron chi connectivity index (χ0n) is 8.73. The summed E-state index contributed by atoms with van der Waals surface area (Å²) in [7, 11) is 0. The number of carbonyl (C=O) groups excluding carboxylic acids is 3. The van der Waals surface area contributed by atoms with E-state index in [1.165, 1.54) is 11.8 Å². The number of imide groups is 1. The Bertz CT molecular complexity index is 336. The monoisotopic (exact) mass is 245 g/mol. The first-order valence-corrected chi connectivity index (χ1v) is 6.11. The standard InChI is InChI=1S/C9H11NO5S/c1-16-9(4-5-9)14-8(13)15-10-6(11)2-3-7(10)12/h2-5H2,1H3. The van der Waals surface area contributed by atoms with E-state index in [4.69, 9.17) is 4.74 Å². The zero-order chi connectivity index (χ0) is 11.8. The summed E-state index contributed by atoms with van der Waals surface area (Å²) in [5, 5.41) is 0.485. The predicted octanol–water partition coefficient (Wildman–Crippen LogP) is 1.06. The van der Waals surface area contributed by atoms with Gasteiger partial charge >= 0.3 is 6.16 Å². The average Bonchev–Trinajstić information content (AvgIpc) is 2.96. The van der Waals surface area contributed by atoms with Gasteiger partial charge in [-0.15, -0.1) is 11.8 Å². The van der Waals surface area contributed by atoms with Crippen LogP contribution in [0, 0.1) is 0 Å². The molecule has 0 radical (unpaired) electrons. The number of nitrogens with zero attached hydrogens (tertiary/aromatic N) is 1. The minimum atomic E-state index is -0.990. The van der Waals surface area contributed by atoms with Crippen LogP contribution in [0.1, 0.15) is 25.7 Å². The van der Waals surface area contributed by atoms with Crippen molar-refractivity contribution in [1.29, 1.82) is 0 Å². The lowest BCUT2D eigenvalue weighted by Crippen LogP contribution is -2.33. The molecule has 0 bridgehead atoms. The van der Waals surface area contributed by atoms with Crippen molar-refractivity contribution in [2.45, 2.75) is 30.6 Å². The minimum Gasteiger partial charge on any atom is -0.415 e. The summed E-state index contributed by atoms with van der Waals surface area (Å²) >= 11 is 1.41. The Kier molecular flexibility index (Phi) is 2.79. The van der Waals surface area contributed by atoms with Crippen LogP contribution in [-0.2, 0) is 19.2 Å². The molecular weight excluding hydrogens is 234 g/mol. The number of ether oxygens (including phenoxy) is 1. The van der Waals surface area contributed by atoms with Gasteiger partial charge in [-0.05, 0) is 6.26 Å². The first-order valence-electron chi connectivity index (χ1n) is 4.88. The summed E-state index contributed by atoms with van der Waals surface area (Å²) in [5.41, 5.74) is 0. The van der Waals surface area contributed by atoms with Crippen LogP contribution in [0.25, 0.3) is 0 Å². The van der Waals surface area contributed by atoms with Gasteiger partial charge in [-0.2, -0.15) is 0 Å². The molecule has 1 heterocycles. The van der Waals surface area contributed by atoms with Crippen LogP contribution in [0.5, 0.6) is 0 Å². The van der Waals surface area contributed by atoms with Crippen molar-refractivity contribution in [2.24, 2.45) is 0 Å². The Hall–Kier alpha value is -1.24. The Morgan fingerprint density at radius 2 is 1.88 bits per heavy atom. The van der Waals surface area contributed by atoms with E-state index in [0.29, 0.717) is 5.06 Å². The Labute approximate surface area is 96.2 Å². The average molecular weight is 245 g/mol. The molecule has 88 valence electrons. The van der Waals surface area contributed by atoms with Crippen LogP contribution in [0.2, 0.25) is 0 Å². The van der Waals surface area contributed by atoms with E-state index in [2.05, 4.69) is 4.84 Å². The minimum absolute atomic E-state index is 0.0831. The van der Waals surface area contributed by atoms with Crippen molar-refractivity contribution < 1.29 is 24.0 Å². The summed E-state index contributed by atoms with van der Waals surface area (Å²) in [6.07, 6.45) is 2.54. The molecule has 1 aliphatic heterocycles. The van der Waals surface area contributed by atoms with Crippen molar-refractivity contribution >= 4 is 29.7 Å². The largest absolute Gasteiger partial charge is 0.535 e. The molecule has 0 aromatic heterocycles. The maximum absolute atomic E-state index is 11.3. The summed E-state index contributed by atoms with van der Waals surface area (Å²) in [6.45, 7) is 0. The molecule has 6 nitrogen and oxygen atoms in total. The topological polar surface area (TPSA) is 72.9 Å². The van der Waals surface area contributed by atoms with Gasteiger partial charge in [0, 0.05) is 25.7 Å². The van der Waals surface area contributed by atoms with Gasteiger partial charge in [0.2, 0.25) is 0 Å². The second-order valence-corrected chi connectivity index (χ2v) is 4.79. The van der Waals surface area contributed by atoms with Crippen molar-refractivity contribution in [3.8, 4) is 0 Å². The third-order valence-electron chi connectivity index (χ3n) is 2.47. The van der Waals surface area contributed by atoms with Gasteiger partial charge in [-0.1, -0.05) is 5.06 Å². The van der Waals surface area contributed by atoms with Gasteiger partial charge in [0.1, 0.15) is 0 Å². The van der Waals surface area contributed by atoms with Gasteiger partial charge in [-0.3, -0.25) is 14.4 Å². The molecule has 0 unspecified atom stereocenters. The Morgan fingerprint density at radius 3 is 2.31 bits per heavy atom. The number of thioether (sulfide) groups is 1. The fourth-order valence-corrected chi connectivity index (χ4v) is 2.01. The quantitative estimate of drug-likeness (QED) is 0.420. The van der Waals surface area contributed by atoms with Crippen LogP contribution in [-0.4, -0.2) is 34.2 Å². The summed E-state index contributed by atoms with van der Waals surface area (Å²) in [4.78, 5) is 37.6. The Morgan fingerprint density at radius 1 is 1.31 bits per heavy atom. The Balaban J connectivity index is 1.87. The van der Waals surface area contributed by atoms with Crippen LogP contribution < -0.4 is 0 Å². The molecule has 0 spiro atoms. The van der Waals surface area contributed by atoms with Crippen LogP contribution >= 0.6 is 11.8 Å². The van der Waals surface area contributed by atoms with Gasteiger partial charge in [0.15, 0.2) is 4.93 Å². The SMILES string of the molecule is CSC1(OC(=O)ON2C(=O)CCC2=O)CC1. The predicted molar refractivity (Wildman–Crippen MR) is 54.1 cm³/mol. The number of hydrogen-bond donors (Lipinski definition) is 0. The molecule has 0 atom stereocenters. The van der Waals surface area contributed by atoms with Gasteiger partial charge in [-0.25, -0.2) is 4.79 Å². The smallest absolute Gasteiger partial charge is 0.415 e. The molecule has 1 saturated heterocycles. The number of hydroxylamine groups is 2. The molecular formula is C9H11NO5S. The number of rotatable bonds is 3. The van der Waals surface area contributed by atoms with Crippen molar-refractivity contribution in [3.63, 3.8) is 0 Å². The van der Waals surface area contributed by atoms with Crippen LogP contribution in [0.4, 0.5) is 4.79 Å². The number of hydrogen-bond acceptors (Lipinski definition) is 6. The molecule has 1 saturated carbocycles. The molecule has 2 rings (SSSR count). The molecule has 2 aliphatic rings. The van der Waals surface area contributed by atoms with Crippen LogP contribution in [0.3, 0.4) is 0 Å². The highest BCUT2D eigenvalue weighted by Crippen LogP contribution is 2.48. The van der Waals surface area contributed by atoms with Crippen LogP contribution in [0.15, 0.2) is 0 Å². The van der Waals surface area contributed by atoms with E-state index in [1.54, 1.807) is 0 Å². The second-order valence-electron chi connectivity index (χ2n) is 3.64. The number of carbonyl (C=O) groups is 3. The van der Waals surface area contributed by atoms with Gasteiger partial charge in [0.25, 0.3) is 11.8 Å². The lowest BCUT2D eigenvalue weighted by atomic mass is 10.4. The molecule has 7 heteroatoms. The maximum atomic E-state index is 11.3. The highest BCUT2D eigenvalue weighted by atomic mass is 32.2. The highest BCUT2D eigenvalue weighted by Gasteiger charge is 2.48. The van der Waals surface area contributed by atoms with Gasteiger partial charge in [0.05, 0.1) is 0 Å². The normalized spacial score (nSPS) is 22.2. The molecule has 0 aromatic carbocycles. The number of amides is 2. The second kappa shape index (κ2) is 3.97. The van der Waals surface area contributed by atoms with E-state index in [1.807, 2.05) is 6.26 Å². The lowest BCUT2D eigenvalue weighted by molar-refractivity contribution is -0.177. The summed E-state index contributed by atoms with van der Waals surface area (Å²) in [5.74, 6) is -1.01. The van der Waals surface area contributed by atoms with E-state index in [-0.39, 0.29) is 12.8 Å². The van der Waals surface area contributed by atoms with Gasteiger partial charge < -0.3 is 4.74 Å². The fourth-order valence-electron chi connectivity index (χ4n) is 1.35. The van der Waals surface area contributed by atoms with E-state index in [9.17, 15) is 14.4 Å². The van der Waals surface area contributed by atoms with E-state index >= 15 is 0 Å². The molecule has 2 amide bonds. The lowest BCUT2D eigenvalue weighted by Gasteiger charge is -2.16. The molecule has 0 N–H and O–H groups in total.